The van der Waals surface area contributed by atoms with E-state index in [1.165, 1.54) is 13.0 Å². The van der Waals surface area contributed by atoms with E-state index in [9.17, 15) is 19.4 Å². The average molecular weight is 390 g/mol. The zero-order valence-electron chi connectivity index (χ0n) is 16.8. The first kappa shape index (κ1) is 21.9. The van der Waals surface area contributed by atoms with Gasteiger partial charge < -0.3 is 19.2 Å². The minimum atomic E-state index is -1.18. The van der Waals surface area contributed by atoms with E-state index in [0.29, 0.717) is 12.8 Å². The van der Waals surface area contributed by atoms with Gasteiger partial charge in [-0.15, -0.1) is 0 Å². The molecule has 2 atom stereocenters. The fraction of sp³-hybridized carbons (Fsp3) is 0.550. The predicted octanol–water partition coefficient (Wildman–Crippen LogP) is 2.93. The maximum Gasteiger partial charge on any atom is 0.526 e. The van der Waals surface area contributed by atoms with E-state index in [0.717, 1.165) is 12.0 Å². The molecule has 8 heteroatoms. The van der Waals surface area contributed by atoms with Gasteiger partial charge in [0.15, 0.2) is 0 Å². The van der Waals surface area contributed by atoms with Crippen molar-refractivity contribution in [2.75, 3.05) is 0 Å². The number of carbonyl (C=O) groups excluding carboxylic acids is 3. The van der Waals surface area contributed by atoms with Crippen LogP contribution in [0.2, 0.25) is 5.82 Å². The maximum atomic E-state index is 12.5. The van der Waals surface area contributed by atoms with Crippen LogP contribution in [0.4, 0.5) is 0 Å². The Bertz CT molecular complexity index is 731. The van der Waals surface area contributed by atoms with Gasteiger partial charge in [-0.25, -0.2) is 4.79 Å². The van der Waals surface area contributed by atoms with E-state index in [-0.39, 0.29) is 35.3 Å². The Morgan fingerprint density at radius 1 is 1.25 bits per heavy atom. The monoisotopic (exact) mass is 390 g/mol. The number of fused-ring (bicyclic) bond motifs is 1. The summed E-state index contributed by atoms with van der Waals surface area (Å²) in [5.74, 6) is -1.56. The van der Waals surface area contributed by atoms with Crippen LogP contribution in [0.5, 0.6) is 5.75 Å². The molecule has 7 nitrogen and oxygen atoms in total. The van der Waals surface area contributed by atoms with Crippen LogP contribution in [0.15, 0.2) is 18.2 Å². The van der Waals surface area contributed by atoms with Crippen molar-refractivity contribution < 1.29 is 33.5 Å². The SMILES string of the molecule is CCCC(=O)C[C@H]1Cc2cccc(C(=O)OC(C)OC(=O)C(C)C)c2OB1O. The number of benzene rings is 1. The number of para-hydroxylation sites is 1. The molecule has 0 amide bonds. The van der Waals surface area contributed by atoms with Crippen LogP contribution in [0, 0.1) is 5.92 Å². The number of esters is 2. The third kappa shape index (κ3) is 5.58. The van der Waals surface area contributed by atoms with Gasteiger partial charge >= 0.3 is 19.1 Å². The highest BCUT2D eigenvalue weighted by molar-refractivity contribution is 6.47. The average Bonchev–Trinajstić information content (AvgIpc) is 2.61. The smallest absolute Gasteiger partial charge is 0.526 e. The summed E-state index contributed by atoms with van der Waals surface area (Å²) in [4.78, 5) is 36.0. The molecule has 1 N–H and O–H groups in total. The van der Waals surface area contributed by atoms with Gasteiger partial charge in [0.05, 0.1) is 5.92 Å². The van der Waals surface area contributed by atoms with Gasteiger partial charge in [-0.2, -0.15) is 0 Å². The lowest BCUT2D eigenvalue weighted by Gasteiger charge is -2.28. The highest BCUT2D eigenvalue weighted by Crippen LogP contribution is 2.36. The van der Waals surface area contributed by atoms with Crippen LogP contribution >= 0.6 is 0 Å². The van der Waals surface area contributed by atoms with Crippen LogP contribution in [0.25, 0.3) is 0 Å². The Labute approximate surface area is 165 Å². The predicted molar refractivity (Wildman–Crippen MR) is 103 cm³/mol. The molecule has 1 aliphatic heterocycles. The molecule has 1 aromatic rings. The highest BCUT2D eigenvalue weighted by Gasteiger charge is 2.38. The lowest BCUT2D eigenvalue weighted by atomic mass is 9.64. The van der Waals surface area contributed by atoms with Crippen LogP contribution in [-0.2, 0) is 25.5 Å². The third-order valence-corrected chi connectivity index (χ3v) is 4.49. The molecule has 0 aliphatic carbocycles. The van der Waals surface area contributed by atoms with Crippen molar-refractivity contribution >= 4 is 24.8 Å². The highest BCUT2D eigenvalue weighted by atomic mass is 16.7. The second-order valence-electron chi connectivity index (χ2n) is 7.32. The molecule has 2 rings (SSSR count). The molecule has 0 fully saturated rings. The fourth-order valence-corrected chi connectivity index (χ4v) is 3.03. The van der Waals surface area contributed by atoms with Gasteiger partial charge in [0.2, 0.25) is 6.29 Å². The van der Waals surface area contributed by atoms with E-state index in [2.05, 4.69) is 0 Å². The summed E-state index contributed by atoms with van der Waals surface area (Å²) >= 11 is 0. The Balaban J connectivity index is 2.10. The van der Waals surface area contributed by atoms with Crippen molar-refractivity contribution in [2.45, 2.75) is 65.5 Å². The minimum Gasteiger partial charge on any atom is -0.535 e. The molecule has 28 heavy (non-hydrogen) atoms. The molecule has 1 aliphatic rings. The number of ether oxygens (including phenoxy) is 2. The Morgan fingerprint density at radius 2 is 1.96 bits per heavy atom. The van der Waals surface area contributed by atoms with E-state index >= 15 is 0 Å². The lowest BCUT2D eigenvalue weighted by molar-refractivity contribution is -0.169. The third-order valence-electron chi connectivity index (χ3n) is 4.49. The molecule has 152 valence electrons. The quantitative estimate of drug-likeness (QED) is 0.414. The molecule has 0 bridgehead atoms. The van der Waals surface area contributed by atoms with Crippen LogP contribution in [-0.4, -0.2) is 36.2 Å². The van der Waals surface area contributed by atoms with Crippen LogP contribution < -0.4 is 4.65 Å². The van der Waals surface area contributed by atoms with Crippen molar-refractivity contribution in [3.63, 3.8) is 0 Å². The van der Waals surface area contributed by atoms with Crippen molar-refractivity contribution in [3.05, 3.63) is 29.3 Å². The first-order valence-corrected chi connectivity index (χ1v) is 9.62. The zero-order valence-corrected chi connectivity index (χ0v) is 16.8. The number of ketones is 1. The number of hydrogen-bond donors (Lipinski definition) is 1. The number of carbonyl (C=O) groups is 3. The standard InChI is InChI=1S/C20H27BO7/c1-5-7-16(22)11-15-10-14-8-6-9-17(18(14)28-21(15)25)20(24)27-13(4)26-19(23)12(2)3/h6,8-9,12-13,15,25H,5,7,10-11H2,1-4H3/t13?,15-/m1/s1. The second kappa shape index (κ2) is 9.73. The van der Waals surface area contributed by atoms with Gasteiger partial charge in [0.25, 0.3) is 0 Å². The molecule has 0 radical (unpaired) electrons. The van der Waals surface area contributed by atoms with E-state index < -0.39 is 25.3 Å². The fourth-order valence-electron chi connectivity index (χ4n) is 3.03. The van der Waals surface area contributed by atoms with Crippen LogP contribution in [0.3, 0.4) is 0 Å². The summed E-state index contributed by atoms with van der Waals surface area (Å²) in [5, 5.41) is 10.3. The number of hydrogen-bond acceptors (Lipinski definition) is 7. The van der Waals surface area contributed by atoms with Gasteiger partial charge in [-0.1, -0.05) is 32.9 Å². The van der Waals surface area contributed by atoms with Crippen molar-refractivity contribution in [1.82, 2.24) is 0 Å². The normalized spacial score (nSPS) is 16.8. The summed E-state index contributed by atoms with van der Waals surface area (Å²) in [5.41, 5.74) is 0.864. The van der Waals surface area contributed by atoms with Gasteiger partial charge in [0.1, 0.15) is 17.1 Å². The summed E-state index contributed by atoms with van der Waals surface area (Å²) in [6.07, 6.45) is 0.826. The largest absolute Gasteiger partial charge is 0.535 e. The molecule has 1 unspecified atom stereocenters. The molecule has 1 heterocycles. The molecule has 0 saturated carbocycles. The Morgan fingerprint density at radius 3 is 2.61 bits per heavy atom. The maximum absolute atomic E-state index is 12.5. The first-order chi connectivity index (χ1) is 13.2. The van der Waals surface area contributed by atoms with Gasteiger partial charge in [0, 0.05) is 25.6 Å². The molecular formula is C20H27BO7. The number of Topliss-reactive ketones (excluding diaryl/α,β-unsaturated/α-hetero) is 1. The summed E-state index contributed by atoms with van der Waals surface area (Å²) in [7, 11) is -1.18. The molecule has 0 spiro atoms. The summed E-state index contributed by atoms with van der Waals surface area (Å²) in [6, 6.07) is 5.00. The van der Waals surface area contributed by atoms with E-state index in [1.54, 1.807) is 26.0 Å². The summed E-state index contributed by atoms with van der Waals surface area (Å²) < 4.78 is 15.8. The zero-order chi connectivity index (χ0) is 20.8. The van der Waals surface area contributed by atoms with Crippen molar-refractivity contribution in [1.29, 1.82) is 0 Å². The number of rotatable bonds is 8. The lowest BCUT2D eigenvalue weighted by Crippen LogP contribution is -2.36. The first-order valence-electron chi connectivity index (χ1n) is 9.62. The summed E-state index contributed by atoms with van der Waals surface area (Å²) in [6.45, 7) is 6.75. The van der Waals surface area contributed by atoms with Gasteiger partial charge in [-0.05, 0) is 24.5 Å². The second-order valence-corrected chi connectivity index (χ2v) is 7.32. The Kier molecular flexibility index (Phi) is 7.63. The van der Waals surface area contributed by atoms with Crippen molar-refractivity contribution in [3.8, 4) is 5.75 Å². The van der Waals surface area contributed by atoms with Crippen LogP contribution in [0.1, 0.15) is 62.9 Å². The molecule has 1 aromatic carbocycles. The Hall–Kier alpha value is -2.35. The van der Waals surface area contributed by atoms with Crippen molar-refractivity contribution in [2.24, 2.45) is 5.92 Å². The molecule has 0 saturated heterocycles. The molecular weight excluding hydrogens is 363 g/mol. The minimum absolute atomic E-state index is 0.0787. The van der Waals surface area contributed by atoms with E-state index in [1.807, 2.05) is 6.92 Å². The van der Waals surface area contributed by atoms with E-state index in [4.69, 9.17) is 14.1 Å². The topological polar surface area (TPSA) is 99.1 Å². The van der Waals surface area contributed by atoms with Gasteiger partial charge in [-0.3, -0.25) is 9.59 Å². The molecule has 0 aromatic heterocycles.